The van der Waals surface area contributed by atoms with E-state index in [0.717, 1.165) is 51.8 Å². The number of phosphoric ester groups is 2. The van der Waals surface area contributed by atoms with Gasteiger partial charge in [-0.05, 0) is 57.0 Å². The molecule has 1 aliphatic carbocycles. The molecular formula is C40H49N8O13P2+. The van der Waals surface area contributed by atoms with Gasteiger partial charge in [0.05, 0.1) is 44.9 Å². The van der Waals surface area contributed by atoms with Crippen molar-refractivity contribution in [3.63, 3.8) is 0 Å². The lowest BCUT2D eigenvalue weighted by Gasteiger charge is -2.19. The average Bonchev–Trinajstić information content (AvgIpc) is 3.82. The van der Waals surface area contributed by atoms with Crippen LogP contribution in [0.15, 0.2) is 64.1 Å². The summed E-state index contributed by atoms with van der Waals surface area (Å²) in [6.07, 6.45) is -2.09. The molecule has 1 saturated heterocycles. The van der Waals surface area contributed by atoms with Crippen molar-refractivity contribution in [1.82, 2.24) is 24.8 Å². The molecule has 5 atom stereocenters. The Bertz CT molecular complexity index is 2850. The fourth-order valence-electron chi connectivity index (χ4n) is 7.33. The van der Waals surface area contributed by atoms with E-state index in [1.807, 2.05) is 52.0 Å². The van der Waals surface area contributed by atoms with E-state index < -0.39 is 52.9 Å². The number of nitrogens with two attached hydrogens (primary N) is 1. The Labute approximate surface area is 359 Å². The smallest absolute Gasteiger partial charge is 0.456 e. The van der Waals surface area contributed by atoms with Crippen molar-refractivity contribution in [2.24, 2.45) is 0 Å². The number of nitrogens with one attached hydrogen (secondary N) is 4. The lowest BCUT2D eigenvalue weighted by atomic mass is 9.89. The lowest BCUT2D eigenvalue weighted by molar-refractivity contribution is -0.496. The summed E-state index contributed by atoms with van der Waals surface area (Å²) in [6.45, 7) is 8.11. The number of carbonyl (C=O) groups is 1. The summed E-state index contributed by atoms with van der Waals surface area (Å²) in [5, 5.41) is 18.6. The van der Waals surface area contributed by atoms with Crippen molar-refractivity contribution < 1.29 is 61.1 Å². The summed E-state index contributed by atoms with van der Waals surface area (Å²) < 4.78 is 58.1. The first-order chi connectivity index (χ1) is 30.1. The molecule has 0 radical (unpaired) electrons. The third-order valence-corrected chi connectivity index (χ3v) is 12.8. The molecule has 2 aliphatic heterocycles. The number of carbonyl (C=O) groups excluding carboxylic acids is 1. The van der Waals surface area contributed by atoms with E-state index in [2.05, 4.69) is 47.0 Å². The normalized spacial score (nSPS) is 18.8. The summed E-state index contributed by atoms with van der Waals surface area (Å²) in [6, 6.07) is 15.4. The van der Waals surface area contributed by atoms with Crippen LogP contribution in [0.5, 0.6) is 0 Å². The molecule has 2 aromatic heterocycles. The Kier molecular flexibility index (Phi) is 13.9. The number of aliphatic hydroxyl groups excluding tert-OH is 1. The number of phosphoric acid groups is 2. The zero-order chi connectivity index (χ0) is 45.1. The van der Waals surface area contributed by atoms with Crippen LogP contribution in [0.25, 0.3) is 44.6 Å². The number of aromatic nitrogens is 4. The molecule has 0 saturated carbocycles. The SMILES string of the molecule is CCNc1cc2oc3cc(=[NH+]CC)c(C)cc-3c(-c3ccccc3C(=O)NCCOCCOP(=O)(O)OP(=O)(O)OC[C@H]3O[C@@H](n4cnc5c(=O)[nH]c(N)nc54)C[C@@H]3O)c2cc1C. The van der Waals surface area contributed by atoms with Crippen LogP contribution < -0.4 is 32.3 Å². The first kappa shape index (κ1) is 45.7. The molecule has 3 aliphatic rings. The number of ether oxygens (including phenoxy) is 2. The zero-order valence-corrected chi connectivity index (χ0v) is 36.6. The molecule has 1 fully saturated rings. The maximum absolute atomic E-state index is 13.7. The summed E-state index contributed by atoms with van der Waals surface area (Å²) in [5.41, 5.74) is 11.6. The van der Waals surface area contributed by atoms with Gasteiger partial charge in [0, 0.05) is 58.9 Å². The summed E-state index contributed by atoms with van der Waals surface area (Å²) >= 11 is 0. The van der Waals surface area contributed by atoms with Crippen LogP contribution >= 0.6 is 15.6 Å². The number of imidazole rings is 1. The molecule has 0 spiro atoms. The van der Waals surface area contributed by atoms with Gasteiger partial charge in [0.25, 0.3) is 11.5 Å². The van der Waals surface area contributed by atoms with E-state index in [1.165, 1.54) is 10.9 Å². The third-order valence-electron chi connectivity index (χ3n) is 10.2. The van der Waals surface area contributed by atoms with Crippen molar-refractivity contribution in [2.45, 2.75) is 52.6 Å². The Morgan fingerprint density at radius 3 is 2.60 bits per heavy atom. The summed E-state index contributed by atoms with van der Waals surface area (Å²) in [4.78, 5) is 59.9. The highest BCUT2D eigenvalue weighted by molar-refractivity contribution is 7.61. The highest BCUT2D eigenvalue weighted by atomic mass is 31.3. The Hall–Kier alpha value is -5.31. The van der Waals surface area contributed by atoms with Gasteiger partial charge >= 0.3 is 15.6 Å². The number of anilines is 2. The monoisotopic (exact) mass is 911 g/mol. The highest BCUT2D eigenvalue weighted by Gasteiger charge is 2.40. The summed E-state index contributed by atoms with van der Waals surface area (Å²) in [7, 11) is -10.4. The van der Waals surface area contributed by atoms with Crippen LogP contribution in [0.4, 0.5) is 11.6 Å². The molecule has 4 heterocycles. The number of H-pyrrole nitrogens is 1. The quantitative estimate of drug-likeness (QED) is 0.0349. The van der Waals surface area contributed by atoms with E-state index in [1.54, 1.807) is 12.1 Å². The van der Waals surface area contributed by atoms with Crippen molar-refractivity contribution >= 4 is 55.3 Å². The minimum Gasteiger partial charge on any atom is -0.456 e. The average molecular weight is 912 g/mol. The van der Waals surface area contributed by atoms with Gasteiger partial charge in [0.2, 0.25) is 11.3 Å². The molecule has 2 aromatic carbocycles. The van der Waals surface area contributed by atoms with Gasteiger partial charge in [-0.3, -0.25) is 28.2 Å². The minimum atomic E-state index is -5.22. The van der Waals surface area contributed by atoms with Crippen molar-refractivity contribution in [3.05, 3.63) is 87.3 Å². The molecule has 1 amide bonds. The van der Waals surface area contributed by atoms with Gasteiger partial charge in [0.15, 0.2) is 11.2 Å². The number of nitrogens with zero attached hydrogens (tertiary/aromatic N) is 3. The lowest BCUT2D eigenvalue weighted by Crippen LogP contribution is -2.76. The predicted molar refractivity (Wildman–Crippen MR) is 229 cm³/mol. The number of hydrogen-bond acceptors (Lipinski definition) is 15. The Balaban J connectivity index is 0.919. The highest BCUT2D eigenvalue weighted by Crippen LogP contribution is 2.60. The largest absolute Gasteiger partial charge is 0.481 e. The van der Waals surface area contributed by atoms with Crippen LogP contribution in [-0.2, 0) is 32.0 Å². The number of rotatable bonds is 18. The zero-order valence-electron chi connectivity index (χ0n) is 34.8. The minimum absolute atomic E-state index is 0.0101. The number of aliphatic hydroxyl groups is 1. The molecule has 2 unspecified atom stereocenters. The first-order valence-electron chi connectivity index (χ1n) is 20.1. The third kappa shape index (κ3) is 10.4. The second-order valence-electron chi connectivity index (χ2n) is 14.6. The van der Waals surface area contributed by atoms with Gasteiger partial charge in [-0.2, -0.15) is 9.29 Å². The maximum atomic E-state index is 13.7. The van der Waals surface area contributed by atoms with Crippen molar-refractivity contribution in [1.29, 1.82) is 0 Å². The first-order valence-corrected chi connectivity index (χ1v) is 23.1. The van der Waals surface area contributed by atoms with Gasteiger partial charge < -0.3 is 45.2 Å². The number of amides is 1. The van der Waals surface area contributed by atoms with Gasteiger partial charge in [-0.15, -0.1) is 0 Å². The molecular weight excluding hydrogens is 862 g/mol. The van der Waals surface area contributed by atoms with Crippen LogP contribution in [-0.4, -0.2) is 98.6 Å². The predicted octanol–water partition coefficient (Wildman–Crippen LogP) is 2.62. The van der Waals surface area contributed by atoms with Crippen LogP contribution in [0.3, 0.4) is 0 Å². The van der Waals surface area contributed by atoms with Crippen molar-refractivity contribution in [3.8, 4) is 22.5 Å². The Morgan fingerprint density at radius 2 is 1.83 bits per heavy atom. The van der Waals surface area contributed by atoms with Crippen molar-refractivity contribution in [2.75, 3.05) is 57.1 Å². The topological polar surface area (TPSA) is 299 Å². The molecule has 23 heteroatoms. The number of aromatic amines is 1. The second kappa shape index (κ2) is 19.2. The fraction of sp³-hybridized carbons (Fsp3) is 0.375. The van der Waals surface area contributed by atoms with E-state index in [0.29, 0.717) is 22.5 Å². The molecule has 21 nitrogen and oxygen atoms in total. The molecule has 336 valence electrons. The molecule has 9 N–H and O–H groups in total. The van der Waals surface area contributed by atoms with Gasteiger partial charge in [-0.1, -0.05) is 18.2 Å². The summed E-state index contributed by atoms with van der Waals surface area (Å²) in [5.74, 6) is 0.131. The van der Waals surface area contributed by atoms with Crippen LogP contribution in [0.1, 0.15) is 48.0 Å². The van der Waals surface area contributed by atoms with Gasteiger partial charge in [-0.25, -0.2) is 19.1 Å². The molecule has 4 aromatic rings. The van der Waals surface area contributed by atoms with E-state index in [9.17, 15) is 33.6 Å². The van der Waals surface area contributed by atoms with Crippen LogP contribution in [0, 0.1) is 13.8 Å². The Morgan fingerprint density at radius 1 is 1.05 bits per heavy atom. The maximum Gasteiger partial charge on any atom is 0.481 e. The van der Waals surface area contributed by atoms with E-state index >= 15 is 0 Å². The molecule has 0 bridgehead atoms. The molecule has 7 rings (SSSR count). The fourth-order valence-corrected chi connectivity index (χ4v) is 9.39. The van der Waals surface area contributed by atoms with Gasteiger partial charge in [0.1, 0.15) is 30.2 Å². The van der Waals surface area contributed by atoms with E-state index in [-0.39, 0.29) is 49.2 Å². The number of benzene rings is 3. The van der Waals surface area contributed by atoms with E-state index in [4.69, 9.17) is 28.7 Å². The standard InChI is InChI=1S/C40H48N8O13P2/c1-5-42-28-17-31-26(15-22(28)3)35(27-16-23(4)29(43-6-2)18-32(27)59-31)24-9-7-8-10-25(24)38(50)44-11-12-56-13-14-57-62(52,53)61-63(54,55)58-20-33-30(49)19-34(60-33)48-21-45-36-37(48)46-40(41)47-39(36)51/h7-10,15-18,21,30,33-34,42,49H,5-6,11-14,19-20H2,1-4H3,(H,44,50)(H,52,53)(H,54,55)(H3,41,46,47,51)/p+1/t30-,33+,34+/m0/s1. The number of hydrogen-bond donors (Lipinski definition) is 8. The number of fused-ring (bicyclic) bond motifs is 3. The second-order valence-corrected chi connectivity index (χ2v) is 17.7. The number of nitrogen functional groups attached to an aromatic ring is 1. The molecule has 63 heavy (non-hydrogen) atoms. The van der Waals surface area contributed by atoms with Crippen LogP contribution in [0.2, 0.25) is 0 Å². The number of aryl methyl sites for hydroxylation is 2.